The predicted molar refractivity (Wildman–Crippen MR) is 160 cm³/mol. The van der Waals surface area contributed by atoms with Crippen molar-refractivity contribution in [2.75, 3.05) is 18.4 Å². The topological polar surface area (TPSA) is 123 Å². The number of carbonyl (C=O) groups is 3. The number of carboxylic acids is 2. The number of aromatic amines is 1. The van der Waals surface area contributed by atoms with Crippen LogP contribution >= 0.6 is 11.3 Å². The zero-order valence-electron chi connectivity index (χ0n) is 23.0. The average Bonchev–Trinajstić information content (AvgIpc) is 3.56. The first-order valence-electron chi connectivity index (χ1n) is 13.2. The van der Waals surface area contributed by atoms with Crippen molar-refractivity contribution < 1.29 is 29.0 Å². The highest BCUT2D eigenvalue weighted by molar-refractivity contribution is 7.19. The minimum Gasteiger partial charge on any atom is -0.478 e. The Hall–Kier alpha value is -4.28. The summed E-state index contributed by atoms with van der Waals surface area (Å²) < 4.78 is 14.4. The first kappa shape index (κ1) is 31.3. The Kier molecular flexibility index (Phi) is 11.8. The molecule has 4 rings (SSSR count). The molecule has 2 heterocycles. The standard InChI is InChI=1S/C27H30FN3OS.C4H4O4/c1-3-4-14-31(18-20-11-13-29-17-20)15-12-24-19(2)33-26-10-9-23(16-25(24)26)30-27(32)21-5-7-22(28)8-6-21;5-3(6)1-2-4(7)8/h5-11,13,16-17,29H,3-4,12,14-15,18H2,1-2H3,(H,30,32);1-2H,(H,5,6)(H,7,8)/b;2-1-. The summed E-state index contributed by atoms with van der Waals surface area (Å²) >= 11 is 1.80. The van der Waals surface area contributed by atoms with Crippen LogP contribution in [0.25, 0.3) is 10.1 Å². The third kappa shape index (κ3) is 10.0. The quantitative estimate of drug-likeness (QED) is 0.142. The Morgan fingerprint density at radius 3 is 2.34 bits per heavy atom. The molecule has 1 amide bonds. The maximum absolute atomic E-state index is 13.2. The molecule has 0 bridgehead atoms. The number of unbranched alkanes of at least 4 members (excludes halogenated alkanes) is 1. The second kappa shape index (κ2) is 15.5. The molecule has 0 radical (unpaired) electrons. The summed E-state index contributed by atoms with van der Waals surface area (Å²) in [5.74, 6) is -3.10. The first-order valence-corrected chi connectivity index (χ1v) is 14.0. The molecule has 2 aromatic carbocycles. The van der Waals surface area contributed by atoms with Gasteiger partial charge in [0.15, 0.2) is 0 Å². The Labute approximate surface area is 242 Å². The van der Waals surface area contributed by atoms with E-state index < -0.39 is 11.9 Å². The predicted octanol–water partition coefficient (Wildman–Crippen LogP) is 6.49. The van der Waals surface area contributed by atoms with Gasteiger partial charge in [-0.3, -0.25) is 9.69 Å². The number of nitrogens with one attached hydrogen (secondary N) is 2. The number of halogens is 1. The van der Waals surface area contributed by atoms with Gasteiger partial charge in [-0.05, 0) is 91.4 Å². The fraction of sp³-hybridized carbons (Fsp3) is 0.258. The highest BCUT2D eigenvalue weighted by Crippen LogP contribution is 2.33. The number of carbonyl (C=O) groups excluding carboxylic acids is 1. The van der Waals surface area contributed by atoms with Crippen LogP contribution in [0.3, 0.4) is 0 Å². The van der Waals surface area contributed by atoms with Crippen molar-refractivity contribution in [3.8, 4) is 0 Å². The number of benzene rings is 2. The zero-order valence-corrected chi connectivity index (χ0v) is 23.8. The molecular formula is C31H34FN3O5S. The van der Waals surface area contributed by atoms with Gasteiger partial charge >= 0.3 is 11.9 Å². The Morgan fingerprint density at radius 2 is 1.73 bits per heavy atom. The molecule has 0 atom stereocenters. The van der Waals surface area contributed by atoms with Crippen molar-refractivity contribution in [3.05, 3.63) is 100 Å². The molecule has 10 heteroatoms. The average molecular weight is 580 g/mol. The summed E-state index contributed by atoms with van der Waals surface area (Å²) in [5, 5.41) is 19.8. The largest absolute Gasteiger partial charge is 0.478 e. The number of thiophene rings is 1. The van der Waals surface area contributed by atoms with Crippen LogP contribution in [0.2, 0.25) is 0 Å². The second-order valence-electron chi connectivity index (χ2n) is 9.42. The number of amides is 1. The van der Waals surface area contributed by atoms with E-state index in [1.807, 2.05) is 12.3 Å². The summed E-state index contributed by atoms with van der Waals surface area (Å²) in [7, 11) is 0. The number of hydrogen-bond acceptors (Lipinski definition) is 5. The maximum Gasteiger partial charge on any atom is 0.328 e. The highest BCUT2D eigenvalue weighted by Gasteiger charge is 2.14. The molecule has 41 heavy (non-hydrogen) atoms. The maximum atomic E-state index is 13.2. The van der Waals surface area contributed by atoms with E-state index in [-0.39, 0.29) is 11.7 Å². The molecular weight excluding hydrogens is 545 g/mol. The van der Waals surface area contributed by atoms with Crippen molar-refractivity contribution in [2.24, 2.45) is 0 Å². The monoisotopic (exact) mass is 579 g/mol. The van der Waals surface area contributed by atoms with Crippen LogP contribution in [0, 0.1) is 12.7 Å². The number of nitrogens with zero attached hydrogens (tertiary/aromatic N) is 1. The molecule has 0 aliphatic heterocycles. The molecule has 8 nitrogen and oxygen atoms in total. The number of aryl methyl sites for hydroxylation is 1. The molecule has 0 spiro atoms. The number of aliphatic carboxylic acids is 2. The summed E-state index contributed by atoms with van der Waals surface area (Å²) in [6.07, 6.45) is 8.50. The van der Waals surface area contributed by atoms with E-state index in [9.17, 15) is 18.8 Å². The Bertz CT molecular complexity index is 1460. The van der Waals surface area contributed by atoms with Crippen LogP contribution in [0.5, 0.6) is 0 Å². The van der Waals surface area contributed by atoms with Gasteiger partial charge in [0.05, 0.1) is 0 Å². The normalized spacial score (nSPS) is 11.0. The van der Waals surface area contributed by atoms with E-state index >= 15 is 0 Å². The van der Waals surface area contributed by atoms with Crippen molar-refractivity contribution >= 4 is 45.0 Å². The Morgan fingerprint density at radius 1 is 1.02 bits per heavy atom. The lowest BCUT2D eigenvalue weighted by Crippen LogP contribution is -2.26. The van der Waals surface area contributed by atoms with Gasteiger partial charge in [0.25, 0.3) is 5.91 Å². The number of anilines is 1. The third-order valence-corrected chi connectivity index (χ3v) is 7.43. The Balaban J connectivity index is 0.000000507. The molecule has 0 saturated heterocycles. The second-order valence-corrected chi connectivity index (χ2v) is 10.7. The molecule has 0 fully saturated rings. The summed E-state index contributed by atoms with van der Waals surface area (Å²) in [5.41, 5.74) is 3.85. The zero-order chi connectivity index (χ0) is 29.8. The third-order valence-electron chi connectivity index (χ3n) is 6.30. The molecule has 216 valence electrons. The van der Waals surface area contributed by atoms with E-state index in [2.05, 4.69) is 53.4 Å². The van der Waals surface area contributed by atoms with Gasteiger partial charge in [-0.25, -0.2) is 14.0 Å². The van der Waals surface area contributed by atoms with Crippen LogP contribution in [-0.4, -0.2) is 51.0 Å². The van der Waals surface area contributed by atoms with Gasteiger partial charge in [0, 0.05) is 58.5 Å². The highest BCUT2D eigenvalue weighted by atomic mass is 32.1. The first-order chi connectivity index (χ1) is 19.7. The SMILES string of the molecule is CCCCN(CCc1c(C)sc2ccc(NC(=O)c3ccc(F)cc3)cc12)Cc1cc[nH]c1.O=C(O)/C=C\C(=O)O. The summed E-state index contributed by atoms with van der Waals surface area (Å²) in [6.45, 7) is 7.43. The lowest BCUT2D eigenvalue weighted by Gasteiger charge is -2.22. The summed E-state index contributed by atoms with van der Waals surface area (Å²) in [6, 6.07) is 13.8. The lowest BCUT2D eigenvalue weighted by atomic mass is 10.1. The number of aromatic nitrogens is 1. The van der Waals surface area contributed by atoms with Crippen LogP contribution in [-0.2, 0) is 22.6 Å². The smallest absolute Gasteiger partial charge is 0.328 e. The molecule has 0 unspecified atom stereocenters. The van der Waals surface area contributed by atoms with E-state index in [0.717, 1.165) is 31.7 Å². The number of hydrogen-bond donors (Lipinski definition) is 4. The van der Waals surface area contributed by atoms with Gasteiger partial charge in [-0.15, -0.1) is 11.3 Å². The summed E-state index contributed by atoms with van der Waals surface area (Å²) in [4.78, 5) is 38.7. The molecule has 0 aliphatic rings. The fourth-order valence-corrected chi connectivity index (χ4v) is 5.34. The molecule has 4 aromatic rings. The van der Waals surface area contributed by atoms with Crippen molar-refractivity contribution in [1.82, 2.24) is 9.88 Å². The molecule has 0 saturated carbocycles. The van der Waals surface area contributed by atoms with Gasteiger partial charge in [0.2, 0.25) is 0 Å². The van der Waals surface area contributed by atoms with Crippen molar-refractivity contribution in [3.63, 3.8) is 0 Å². The van der Waals surface area contributed by atoms with Gasteiger partial charge in [-0.1, -0.05) is 13.3 Å². The van der Waals surface area contributed by atoms with E-state index in [1.165, 1.54) is 63.2 Å². The van der Waals surface area contributed by atoms with Crippen molar-refractivity contribution in [1.29, 1.82) is 0 Å². The van der Waals surface area contributed by atoms with E-state index in [0.29, 0.717) is 17.7 Å². The minimum absolute atomic E-state index is 0.236. The number of carboxylic acid groups (broad SMARTS) is 2. The molecule has 0 aliphatic carbocycles. The van der Waals surface area contributed by atoms with E-state index in [4.69, 9.17) is 10.2 Å². The van der Waals surface area contributed by atoms with Gasteiger partial charge in [-0.2, -0.15) is 0 Å². The van der Waals surface area contributed by atoms with Gasteiger partial charge in [0.1, 0.15) is 5.82 Å². The minimum atomic E-state index is -1.26. The lowest BCUT2D eigenvalue weighted by molar-refractivity contribution is -0.134. The number of rotatable bonds is 12. The van der Waals surface area contributed by atoms with Crippen LogP contribution in [0.4, 0.5) is 10.1 Å². The van der Waals surface area contributed by atoms with Crippen LogP contribution in [0.15, 0.2) is 73.1 Å². The number of H-pyrrole nitrogens is 1. The fourth-order valence-electron chi connectivity index (χ4n) is 4.24. The van der Waals surface area contributed by atoms with Gasteiger partial charge < -0.3 is 20.5 Å². The molecule has 2 aromatic heterocycles. The van der Waals surface area contributed by atoms with E-state index in [1.54, 1.807) is 11.3 Å². The van der Waals surface area contributed by atoms with Crippen LogP contribution < -0.4 is 5.32 Å². The van der Waals surface area contributed by atoms with Crippen LogP contribution in [0.1, 0.15) is 46.1 Å². The molecule has 4 N–H and O–H groups in total. The number of fused-ring (bicyclic) bond motifs is 1. The van der Waals surface area contributed by atoms with Crippen molar-refractivity contribution in [2.45, 2.75) is 39.7 Å².